The van der Waals surface area contributed by atoms with Gasteiger partial charge in [0.15, 0.2) is 5.17 Å². The summed E-state index contributed by atoms with van der Waals surface area (Å²) in [5, 5.41) is 2.18. The average molecular weight is 338 g/mol. The van der Waals surface area contributed by atoms with E-state index in [0.29, 0.717) is 10.2 Å². The summed E-state index contributed by atoms with van der Waals surface area (Å²) in [6.45, 7) is 1.75. The second kappa shape index (κ2) is 6.69. The van der Waals surface area contributed by atoms with Crippen molar-refractivity contribution in [3.8, 4) is 0 Å². The summed E-state index contributed by atoms with van der Waals surface area (Å²) in [5.41, 5.74) is 1.93. The molecule has 1 aliphatic rings. The zero-order valence-electron chi connectivity index (χ0n) is 11.2. The minimum absolute atomic E-state index is 0.513. The molecule has 0 aliphatic carbocycles. The standard InChI is InChI=1S/C15H13Cl2N3S/c16-12-3-1-2-4-13(12)19-15-20(7-8-21-15)10-11-5-6-14(17)18-9-11/h1-6,9H,7-8,10H2. The number of amidine groups is 1. The highest BCUT2D eigenvalue weighted by atomic mass is 35.5. The van der Waals surface area contributed by atoms with Gasteiger partial charge < -0.3 is 4.90 Å². The molecule has 0 bridgehead atoms. The van der Waals surface area contributed by atoms with Crippen molar-refractivity contribution in [3.63, 3.8) is 0 Å². The number of rotatable bonds is 3. The van der Waals surface area contributed by atoms with Crippen molar-refractivity contribution < 1.29 is 0 Å². The zero-order chi connectivity index (χ0) is 14.7. The molecule has 0 N–H and O–H groups in total. The van der Waals surface area contributed by atoms with Gasteiger partial charge in [-0.15, -0.1) is 0 Å². The number of aliphatic imine (C=N–C) groups is 1. The number of nitrogens with zero attached hydrogens (tertiary/aromatic N) is 3. The second-order valence-electron chi connectivity index (χ2n) is 4.60. The number of hydrogen-bond donors (Lipinski definition) is 0. The van der Waals surface area contributed by atoms with Gasteiger partial charge in [-0.05, 0) is 23.8 Å². The first-order valence-corrected chi connectivity index (χ1v) is 8.28. The van der Waals surface area contributed by atoms with Crippen molar-refractivity contribution in [1.82, 2.24) is 9.88 Å². The Morgan fingerprint density at radius 3 is 2.81 bits per heavy atom. The van der Waals surface area contributed by atoms with E-state index in [1.165, 1.54) is 0 Å². The lowest BCUT2D eigenvalue weighted by atomic mass is 10.3. The van der Waals surface area contributed by atoms with Crippen molar-refractivity contribution in [2.24, 2.45) is 4.99 Å². The van der Waals surface area contributed by atoms with E-state index in [4.69, 9.17) is 23.2 Å². The highest BCUT2D eigenvalue weighted by Gasteiger charge is 2.20. The highest BCUT2D eigenvalue weighted by Crippen LogP contribution is 2.28. The topological polar surface area (TPSA) is 28.5 Å². The van der Waals surface area contributed by atoms with E-state index in [1.54, 1.807) is 18.0 Å². The number of hydrogen-bond acceptors (Lipinski definition) is 3. The maximum absolute atomic E-state index is 6.17. The molecule has 0 radical (unpaired) electrons. The molecule has 3 nitrogen and oxygen atoms in total. The molecule has 6 heteroatoms. The first kappa shape index (κ1) is 14.7. The van der Waals surface area contributed by atoms with E-state index >= 15 is 0 Å². The van der Waals surface area contributed by atoms with Crippen LogP contribution in [0, 0.1) is 0 Å². The van der Waals surface area contributed by atoms with Crippen LogP contribution in [0.4, 0.5) is 5.69 Å². The summed E-state index contributed by atoms with van der Waals surface area (Å²) in [7, 11) is 0. The fourth-order valence-electron chi connectivity index (χ4n) is 2.05. The lowest BCUT2D eigenvalue weighted by Gasteiger charge is -2.17. The number of thioether (sulfide) groups is 1. The number of benzene rings is 1. The second-order valence-corrected chi connectivity index (χ2v) is 6.46. The molecule has 108 valence electrons. The van der Waals surface area contributed by atoms with Crippen LogP contribution in [0.2, 0.25) is 10.2 Å². The molecular formula is C15H13Cl2N3S. The Morgan fingerprint density at radius 1 is 1.19 bits per heavy atom. The van der Waals surface area contributed by atoms with E-state index in [2.05, 4.69) is 14.9 Å². The maximum atomic E-state index is 6.17. The van der Waals surface area contributed by atoms with E-state index in [-0.39, 0.29) is 0 Å². The van der Waals surface area contributed by atoms with Gasteiger partial charge in [0.2, 0.25) is 0 Å². The van der Waals surface area contributed by atoms with Crippen LogP contribution >= 0.6 is 35.0 Å². The van der Waals surface area contributed by atoms with Crippen molar-refractivity contribution in [3.05, 3.63) is 58.3 Å². The summed E-state index contributed by atoms with van der Waals surface area (Å²) >= 11 is 13.7. The summed E-state index contributed by atoms with van der Waals surface area (Å²) in [6, 6.07) is 11.4. The van der Waals surface area contributed by atoms with Crippen molar-refractivity contribution in [2.45, 2.75) is 6.54 Å². The Balaban J connectivity index is 1.79. The smallest absolute Gasteiger partial charge is 0.164 e. The Labute approximate surface area is 138 Å². The molecule has 0 amide bonds. The van der Waals surface area contributed by atoms with Gasteiger partial charge in [0, 0.05) is 25.0 Å². The van der Waals surface area contributed by atoms with Gasteiger partial charge in [0.05, 0.1) is 10.7 Å². The molecule has 21 heavy (non-hydrogen) atoms. The molecule has 2 heterocycles. The zero-order valence-corrected chi connectivity index (χ0v) is 13.5. The van der Waals surface area contributed by atoms with Crippen molar-refractivity contribution in [1.29, 1.82) is 0 Å². The van der Waals surface area contributed by atoms with Gasteiger partial charge in [0.1, 0.15) is 5.15 Å². The summed E-state index contributed by atoms with van der Waals surface area (Å²) in [6.07, 6.45) is 1.80. The van der Waals surface area contributed by atoms with Gasteiger partial charge in [-0.1, -0.05) is 53.2 Å². The van der Waals surface area contributed by atoms with Crippen LogP contribution < -0.4 is 0 Å². The summed E-state index contributed by atoms with van der Waals surface area (Å²) in [5.74, 6) is 1.03. The molecule has 1 saturated heterocycles. The Morgan fingerprint density at radius 2 is 2.05 bits per heavy atom. The third kappa shape index (κ3) is 3.70. The largest absolute Gasteiger partial charge is 0.346 e. The van der Waals surface area contributed by atoms with Crippen LogP contribution in [0.1, 0.15) is 5.56 Å². The number of aromatic nitrogens is 1. The molecule has 1 aromatic heterocycles. The molecular weight excluding hydrogens is 325 g/mol. The number of para-hydroxylation sites is 1. The summed E-state index contributed by atoms with van der Waals surface area (Å²) < 4.78 is 0. The quantitative estimate of drug-likeness (QED) is 0.764. The molecule has 1 fully saturated rings. The monoisotopic (exact) mass is 337 g/mol. The molecule has 1 aliphatic heterocycles. The van der Waals surface area contributed by atoms with Crippen molar-refractivity contribution >= 4 is 45.8 Å². The Bertz CT molecular complexity index is 658. The van der Waals surface area contributed by atoms with Gasteiger partial charge in [-0.25, -0.2) is 9.98 Å². The van der Waals surface area contributed by atoms with E-state index in [0.717, 1.165) is 35.3 Å². The van der Waals surface area contributed by atoms with Gasteiger partial charge >= 0.3 is 0 Å². The van der Waals surface area contributed by atoms with E-state index < -0.39 is 0 Å². The highest BCUT2D eigenvalue weighted by molar-refractivity contribution is 8.14. The lowest BCUT2D eigenvalue weighted by molar-refractivity contribution is 0.456. The SMILES string of the molecule is Clc1ccc(CN2CCSC2=Nc2ccccc2Cl)cn1. The van der Waals surface area contributed by atoms with Crippen LogP contribution in [0.15, 0.2) is 47.6 Å². The van der Waals surface area contributed by atoms with Gasteiger partial charge in [0.25, 0.3) is 0 Å². The van der Waals surface area contributed by atoms with Gasteiger partial charge in [-0.3, -0.25) is 0 Å². The molecule has 0 saturated carbocycles. The minimum Gasteiger partial charge on any atom is -0.346 e. The molecule has 2 aromatic rings. The molecule has 1 aromatic carbocycles. The Hall–Kier alpha value is -1.23. The minimum atomic E-state index is 0.513. The first-order valence-electron chi connectivity index (χ1n) is 6.54. The summed E-state index contributed by atoms with van der Waals surface area (Å²) in [4.78, 5) is 11.0. The predicted octanol–water partition coefficient (Wildman–Crippen LogP) is 4.62. The van der Waals surface area contributed by atoms with Crippen LogP contribution in [0.25, 0.3) is 0 Å². The molecule has 3 rings (SSSR count). The third-order valence-electron chi connectivity index (χ3n) is 3.09. The van der Waals surface area contributed by atoms with Crippen molar-refractivity contribution in [2.75, 3.05) is 12.3 Å². The fraction of sp³-hybridized carbons (Fsp3) is 0.200. The number of pyridine rings is 1. The first-order chi connectivity index (χ1) is 10.2. The Kier molecular flexibility index (Phi) is 4.68. The van der Waals surface area contributed by atoms with E-state index in [1.807, 2.05) is 36.4 Å². The molecule has 0 spiro atoms. The molecule has 0 unspecified atom stereocenters. The van der Waals surface area contributed by atoms with Gasteiger partial charge in [-0.2, -0.15) is 0 Å². The van der Waals surface area contributed by atoms with Crippen LogP contribution in [-0.4, -0.2) is 27.3 Å². The average Bonchev–Trinajstić information content (AvgIpc) is 2.91. The normalized spacial score (nSPS) is 16.7. The third-order valence-corrected chi connectivity index (χ3v) is 4.63. The van der Waals surface area contributed by atoms with Crippen LogP contribution in [-0.2, 0) is 6.54 Å². The number of halogens is 2. The predicted molar refractivity (Wildman–Crippen MR) is 90.7 cm³/mol. The maximum Gasteiger partial charge on any atom is 0.164 e. The van der Waals surface area contributed by atoms with E-state index in [9.17, 15) is 0 Å². The fourth-order valence-corrected chi connectivity index (χ4v) is 3.33. The molecule has 0 atom stereocenters. The van der Waals surface area contributed by atoms with Crippen LogP contribution in [0.5, 0.6) is 0 Å². The lowest BCUT2D eigenvalue weighted by Crippen LogP contribution is -2.23. The van der Waals surface area contributed by atoms with Crippen LogP contribution in [0.3, 0.4) is 0 Å².